The van der Waals surface area contributed by atoms with Crippen LogP contribution in [-0.2, 0) is 14.3 Å². The molecule has 322 valence electrons. The Morgan fingerprint density at radius 1 is 0.509 bits per heavy atom. The molecule has 2 unspecified atom stereocenters. The van der Waals surface area contributed by atoms with Gasteiger partial charge in [-0.15, -0.1) is 0 Å². The number of hydrogen-bond donors (Lipinski definition) is 3. The van der Waals surface area contributed by atoms with Crippen molar-refractivity contribution in [2.24, 2.45) is 0 Å². The number of nitrogens with one attached hydrogen (secondary N) is 1. The predicted molar refractivity (Wildman–Crippen MR) is 236 cm³/mol. The number of allylic oxidation sites excluding steroid dienone is 6. The van der Waals surface area contributed by atoms with Crippen molar-refractivity contribution in [1.29, 1.82) is 0 Å². The molecule has 0 saturated carbocycles. The van der Waals surface area contributed by atoms with Gasteiger partial charge in [-0.05, 0) is 83.5 Å². The van der Waals surface area contributed by atoms with E-state index in [0.717, 1.165) is 89.9 Å². The summed E-state index contributed by atoms with van der Waals surface area (Å²) in [5.74, 6) is -0.102. The first-order valence-corrected chi connectivity index (χ1v) is 23.7. The van der Waals surface area contributed by atoms with Crippen molar-refractivity contribution in [3.63, 3.8) is 0 Å². The lowest BCUT2D eigenvalue weighted by atomic mass is 10.0. The summed E-state index contributed by atoms with van der Waals surface area (Å²) < 4.78 is 5.42. The molecule has 0 aromatic carbocycles. The highest BCUT2D eigenvalue weighted by atomic mass is 16.5. The van der Waals surface area contributed by atoms with E-state index in [9.17, 15) is 19.8 Å². The Morgan fingerprint density at radius 3 is 1.45 bits per heavy atom. The Morgan fingerprint density at radius 2 is 0.927 bits per heavy atom. The lowest BCUT2D eigenvalue weighted by Gasteiger charge is -2.22. The van der Waals surface area contributed by atoms with Gasteiger partial charge in [0.25, 0.3) is 0 Å². The fourth-order valence-corrected chi connectivity index (χ4v) is 6.94. The molecule has 0 rings (SSSR count). The first kappa shape index (κ1) is 53.1. The summed E-state index contributed by atoms with van der Waals surface area (Å²) in [6.45, 7) is 4.82. The van der Waals surface area contributed by atoms with E-state index in [0.29, 0.717) is 25.9 Å². The molecular weight excluding hydrogens is 683 g/mol. The highest BCUT2D eigenvalue weighted by Crippen LogP contribution is 2.15. The van der Waals surface area contributed by atoms with Crippen LogP contribution in [-0.4, -0.2) is 47.4 Å². The molecule has 0 aliphatic heterocycles. The molecule has 0 aliphatic rings. The van der Waals surface area contributed by atoms with E-state index in [-0.39, 0.29) is 18.5 Å². The topological polar surface area (TPSA) is 95.9 Å². The lowest BCUT2D eigenvalue weighted by Crippen LogP contribution is -2.45. The molecule has 0 bridgehead atoms. The predicted octanol–water partition coefficient (Wildman–Crippen LogP) is 13.7. The van der Waals surface area contributed by atoms with Gasteiger partial charge < -0.3 is 20.3 Å². The van der Waals surface area contributed by atoms with Gasteiger partial charge in [0.1, 0.15) is 0 Å². The second-order valence-corrected chi connectivity index (χ2v) is 16.1. The van der Waals surface area contributed by atoms with E-state index in [1.807, 2.05) is 0 Å². The number of esters is 1. The smallest absolute Gasteiger partial charge is 0.305 e. The van der Waals surface area contributed by atoms with Crippen molar-refractivity contribution in [2.75, 3.05) is 13.2 Å². The van der Waals surface area contributed by atoms with Gasteiger partial charge in [-0.25, -0.2) is 0 Å². The van der Waals surface area contributed by atoms with Crippen LogP contribution in [0.4, 0.5) is 0 Å². The summed E-state index contributed by atoms with van der Waals surface area (Å²) in [4.78, 5) is 24.4. The van der Waals surface area contributed by atoms with E-state index < -0.39 is 12.1 Å². The maximum absolute atomic E-state index is 12.4. The Labute approximate surface area is 341 Å². The van der Waals surface area contributed by atoms with Crippen LogP contribution < -0.4 is 5.32 Å². The maximum Gasteiger partial charge on any atom is 0.305 e. The van der Waals surface area contributed by atoms with Gasteiger partial charge in [-0.3, -0.25) is 9.59 Å². The molecule has 1 amide bonds. The lowest BCUT2D eigenvalue weighted by molar-refractivity contribution is -0.143. The molecule has 6 heteroatoms. The molecule has 0 spiro atoms. The van der Waals surface area contributed by atoms with Gasteiger partial charge in [-0.2, -0.15) is 0 Å². The number of carbonyl (C=O) groups excluding carboxylic acids is 2. The van der Waals surface area contributed by atoms with Gasteiger partial charge in [0.15, 0.2) is 0 Å². The van der Waals surface area contributed by atoms with E-state index in [1.165, 1.54) is 116 Å². The fraction of sp³-hybridized carbons (Fsp3) is 0.837. The van der Waals surface area contributed by atoms with Crippen molar-refractivity contribution in [2.45, 2.75) is 251 Å². The molecule has 0 saturated heterocycles. The van der Waals surface area contributed by atoms with Gasteiger partial charge in [0.05, 0.1) is 25.4 Å². The standard InChI is InChI=1S/C49H91NO5/c1-3-5-7-9-11-13-15-17-18-23-27-31-35-39-43-49(54)55-44-40-36-32-28-24-20-19-22-26-30-34-38-42-48(53)50-46(45-51)47(52)41-37-33-29-25-21-16-14-12-10-8-6-4-2/h9,11,15,17,20,24,46-47,51-52H,3-8,10,12-14,16,18-19,21-23,25-45H2,1-2H3,(H,50,53)/b11-9-,17-15-,24-20-. The van der Waals surface area contributed by atoms with Crippen LogP contribution in [0.3, 0.4) is 0 Å². The molecule has 0 heterocycles. The second-order valence-electron chi connectivity index (χ2n) is 16.1. The van der Waals surface area contributed by atoms with E-state index in [2.05, 4.69) is 55.6 Å². The van der Waals surface area contributed by atoms with E-state index in [4.69, 9.17) is 4.74 Å². The minimum absolute atomic E-state index is 0.0383. The normalized spacial score (nSPS) is 13.0. The summed E-state index contributed by atoms with van der Waals surface area (Å²) in [5, 5.41) is 23.1. The SMILES string of the molecule is CCCC/C=C\C/C=C\CCCCCCCC(=O)OCCCCC/C=C\CCCCCCCC(=O)NC(CO)C(O)CCCCCCCCCCCCCC. The van der Waals surface area contributed by atoms with Crippen LogP contribution in [0, 0.1) is 0 Å². The van der Waals surface area contributed by atoms with Crippen LogP contribution in [0.1, 0.15) is 239 Å². The highest BCUT2D eigenvalue weighted by molar-refractivity contribution is 5.76. The Kier molecular flexibility index (Phi) is 43.2. The number of carbonyl (C=O) groups is 2. The van der Waals surface area contributed by atoms with E-state index in [1.54, 1.807) is 0 Å². The zero-order chi connectivity index (χ0) is 40.1. The number of aliphatic hydroxyl groups excluding tert-OH is 2. The molecule has 0 aromatic rings. The third kappa shape index (κ3) is 41.5. The minimum atomic E-state index is -0.680. The van der Waals surface area contributed by atoms with E-state index >= 15 is 0 Å². The van der Waals surface area contributed by atoms with Crippen molar-refractivity contribution in [1.82, 2.24) is 5.32 Å². The zero-order valence-electron chi connectivity index (χ0n) is 36.4. The van der Waals surface area contributed by atoms with Crippen molar-refractivity contribution in [3.8, 4) is 0 Å². The van der Waals surface area contributed by atoms with Crippen molar-refractivity contribution < 1.29 is 24.5 Å². The fourth-order valence-electron chi connectivity index (χ4n) is 6.94. The Hall–Kier alpha value is -1.92. The van der Waals surface area contributed by atoms with Crippen LogP contribution in [0.5, 0.6) is 0 Å². The first-order valence-electron chi connectivity index (χ1n) is 23.7. The molecule has 0 radical (unpaired) electrons. The molecule has 0 fully saturated rings. The summed E-state index contributed by atoms with van der Waals surface area (Å²) in [7, 11) is 0. The average molecular weight is 774 g/mol. The van der Waals surface area contributed by atoms with Crippen LogP contribution in [0.15, 0.2) is 36.5 Å². The van der Waals surface area contributed by atoms with Gasteiger partial charge in [0.2, 0.25) is 5.91 Å². The number of hydrogen-bond acceptors (Lipinski definition) is 5. The summed E-state index contributed by atoms with van der Waals surface area (Å²) in [5.41, 5.74) is 0. The number of amides is 1. The quantitative estimate of drug-likeness (QED) is 0.0326. The van der Waals surface area contributed by atoms with Crippen LogP contribution >= 0.6 is 0 Å². The number of rotatable bonds is 43. The molecule has 0 aromatic heterocycles. The molecule has 55 heavy (non-hydrogen) atoms. The summed E-state index contributed by atoms with van der Waals surface area (Å²) in [6, 6.07) is -0.560. The van der Waals surface area contributed by atoms with Gasteiger partial charge >= 0.3 is 5.97 Å². The Bertz CT molecular complexity index is 900. The second kappa shape index (κ2) is 44.8. The van der Waals surface area contributed by atoms with Crippen molar-refractivity contribution in [3.05, 3.63) is 36.5 Å². The number of aliphatic hydroxyl groups is 2. The summed E-state index contributed by atoms with van der Waals surface area (Å²) in [6.07, 6.45) is 52.4. The maximum atomic E-state index is 12.4. The molecule has 3 N–H and O–H groups in total. The number of unbranched alkanes of at least 4 members (excludes halogenated alkanes) is 26. The van der Waals surface area contributed by atoms with Crippen LogP contribution in [0.25, 0.3) is 0 Å². The first-order chi connectivity index (χ1) is 27.0. The van der Waals surface area contributed by atoms with Crippen LogP contribution in [0.2, 0.25) is 0 Å². The minimum Gasteiger partial charge on any atom is -0.466 e. The van der Waals surface area contributed by atoms with Crippen molar-refractivity contribution >= 4 is 11.9 Å². The third-order valence-corrected chi connectivity index (χ3v) is 10.7. The zero-order valence-corrected chi connectivity index (χ0v) is 36.4. The third-order valence-electron chi connectivity index (χ3n) is 10.7. The monoisotopic (exact) mass is 774 g/mol. The molecule has 0 aliphatic carbocycles. The highest BCUT2D eigenvalue weighted by Gasteiger charge is 2.20. The largest absolute Gasteiger partial charge is 0.466 e. The molecular formula is C49H91NO5. The number of ether oxygens (including phenoxy) is 1. The Balaban J connectivity index is 3.53. The van der Waals surface area contributed by atoms with Gasteiger partial charge in [-0.1, -0.05) is 179 Å². The van der Waals surface area contributed by atoms with Gasteiger partial charge in [0, 0.05) is 12.8 Å². The molecule has 2 atom stereocenters. The average Bonchev–Trinajstić information content (AvgIpc) is 3.18. The summed E-state index contributed by atoms with van der Waals surface area (Å²) >= 11 is 0. The molecule has 6 nitrogen and oxygen atoms in total.